The molecule has 2 atom stereocenters. The summed E-state index contributed by atoms with van der Waals surface area (Å²) in [6, 6.07) is 9.87. The number of nitrogens with zero attached hydrogens (tertiary/aromatic N) is 4. The highest BCUT2D eigenvalue weighted by molar-refractivity contribution is 6.31. The lowest BCUT2D eigenvalue weighted by molar-refractivity contribution is -0.123. The van der Waals surface area contributed by atoms with Gasteiger partial charge in [-0.05, 0) is 36.4 Å². The Labute approximate surface area is 163 Å². The number of hydrogen-bond donors (Lipinski definition) is 1. The van der Waals surface area contributed by atoms with Crippen molar-refractivity contribution in [2.24, 2.45) is 10.3 Å². The molecule has 2 heterocycles. The number of rotatable bonds is 4. The molecule has 0 unspecified atom stereocenters. The van der Waals surface area contributed by atoms with Crippen molar-refractivity contribution in [1.29, 1.82) is 0 Å². The predicted octanol–water partition coefficient (Wildman–Crippen LogP) is 2.41. The average Bonchev–Trinajstić information content (AvgIpc) is 3.18. The van der Waals surface area contributed by atoms with Gasteiger partial charge in [-0.25, -0.2) is 9.29 Å². The lowest BCUT2D eigenvalue weighted by Gasteiger charge is -2.20. The summed E-state index contributed by atoms with van der Waals surface area (Å²) in [7, 11) is 0. The average molecular weight is 402 g/mol. The molecule has 0 radical (unpaired) electrons. The van der Waals surface area contributed by atoms with Gasteiger partial charge < -0.3 is 5.32 Å². The minimum absolute atomic E-state index is 0.0109. The zero-order valence-electron chi connectivity index (χ0n) is 14.3. The van der Waals surface area contributed by atoms with Gasteiger partial charge in [-0.1, -0.05) is 29.0 Å². The molecule has 8 nitrogen and oxygen atoms in total. The first-order chi connectivity index (χ1) is 13.5. The normalized spacial score (nSPS) is 20.6. The molecule has 1 N–H and O–H groups in total. The van der Waals surface area contributed by atoms with E-state index in [0.29, 0.717) is 10.7 Å². The largest absolute Gasteiger partial charge is 0.322 e. The topological polar surface area (TPSA) is 94.4 Å². The van der Waals surface area contributed by atoms with Gasteiger partial charge in [-0.15, -0.1) is 0 Å². The van der Waals surface area contributed by atoms with Crippen molar-refractivity contribution < 1.29 is 18.8 Å². The molecule has 0 spiro atoms. The van der Waals surface area contributed by atoms with Gasteiger partial charge in [0, 0.05) is 5.02 Å². The molecule has 3 amide bonds. The van der Waals surface area contributed by atoms with Gasteiger partial charge in [0.25, 0.3) is 11.8 Å². The molecule has 142 valence electrons. The lowest BCUT2D eigenvalue weighted by Crippen LogP contribution is -2.43. The van der Waals surface area contributed by atoms with Crippen LogP contribution < -0.4 is 10.2 Å². The molecule has 2 aliphatic rings. The number of amides is 3. The van der Waals surface area contributed by atoms with Crippen LogP contribution in [0.15, 0.2) is 58.9 Å². The zero-order chi connectivity index (χ0) is 19.8. The summed E-state index contributed by atoms with van der Waals surface area (Å²) < 4.78 is 13.7. The maximum Gasteiger partial charge on any atom is 0.263 e. The Morgan fingerprint density at radius 2 is 1.82 bits per heavy atom. The van der Waals surface area contributed by atoms with E-state index in [2.05, 4.69) is 15.7 Å². The van der Waals surface area contributed by atoms with Crippen molar-refractivity contribution in [1.82, 2.24) is 5.01 Å². The van der Waals surface area contributed by atoms with Crippen LogP contribution in [0.25, 0.3) is 0 Å². The summed E-state index contributed by atoms with van der Waals surface area (Å²) in [6.45, 7) is -0.355. The molecule has 0 saturated carbocycles. The van der Waals surface area contributed by atoms with E-state index in [4.69, 9.17) is 11.6 Å². The molecule has 1 saturated heterocycles. The van der Waals surface area contributed by atoms with Crippen molar-refractivity contribution >= 4 is 40.7 Å². The second kappa shape index (κ2) is 7.01. The molecule has 0 aromatic heterocycles. The number of hydrogen-bond acceptors (Lipinski definition) is 6. The van der Waals surface area contributed by atoms with Crippen LogP contribution in [0.2, 0.25) is 5.02 Å². The number of carbonyl (C=O) groups excluding carboxylic acids is 3. The van der Waals surface area contributed by atoms with E-state index >= 15 is 0 Å². The van der Waals surface area contributed by atoms with Gasteiger partial charge in [0.05, 0.1) is 11.4 Å². The van der Waals surface area contributed by atoms with Crippen LogP contribution in [0.3, 0.4) is 0 Å². The number of halogens is 2. The molecular formula is C18H13ClFN5O3. The number of anilines is 2. The summed E-state index contributed by atoms with van der Waals surface area (Å²) in [5.74, 6) is -2.24. The van der Waals surface area contributed by atoms with Crippen LogP contribution in [0, 0.1) is 5.82 Å². The molecule has 2 aliphatic heterocycles. The van der Waals surface area contributed by atoms with Crippen LogP contribution in [0.5, 0.6) is 0 Å². The Morgan fingerprint density at radius 1 is 1.11 bits per heavy atom. The maximum absolute atomic E-state index is 13.7. The Balaban J connectivity index is 1.49. The fourth-order valence-electron chi connectivity index (χ4n) is 3.10. The molecule has 4 rings (SSSR count). The highest BCUT2D eigenvalue weighted by Crippen LogP contribution is 2.32. The van der Waals surface area contributed by atoms with E-state index in [1.54, 1.807) is 30.3 Å². The van der Waals surface area contributed by atoms with E-state index in [0.717, 1.165) is 9.91 Å². The number of benzene rings is 2. The van der Waals surface area contributed by atoms with Crippen LogP contribution >= 0.6 is 11.6 Å². The molecule has 0 aliphatic carbocycles. The Kier molecular flexibility index (Phi) is 4.52. The second-order valence-corrected chi connectivity index (χ2v) is 6.64. The minimum atomic E-state index is -1.02. The molecule has 1 fully saturated rings. The smallest absolute Gasteiger partial charge is 0.263 e. The number of carbonyl (C=O) groups is 3. The predicted molar refractivity (Wildman–Crippen MR) is 98.1 cm³/mol. The highest BCUT2D eigenvalue weighted by atomic mass is 35.5. The standard InChI is InChI=1S/C18H13ClFN5O3/c19-10-5-7-11(8-6-10)25-17(27)15-16(18(25)28)24(23-22-15)9-14(26)21-13-4-2-1-3-12(13)20/h1-8,15-16H,9H2,(H,21,26)/t15-,16+/m1/s1. The Morgan fingerprint density at radius 3 is 2.54 bits per heavy atom. The minimum Gasteiger partial charge on any atom is -0.322 e. The van der Waals surface area contributed by atoms with Crippen LogP contribution in [-0.4, -0.2) is 41.4 Å². The maximum atomic E-state index is 13.7. The van der Waals surface area contributed by atoms with Gasteiger partial charge in [-0.2, -0.15) is 5.11 Å². The van der Waals surface area contributed by atoms with Crippen LogP contribution in [-0.2, 0) is 14.4 Å². The summed E-state index contributed by atoms with van der Waals surface area (Å²) >= 11 is 5.84. The lowest BCUT2D eigenvalue weighted by atomic mass is 10.1. The molecule has 0 bridgehead atoms. The van der Waals surface area contributed by atoms with E-state index in [-0.39, 0.29) is 12.2 Å². The van der Waals surface area contributed by atoms with Gasteiger partial charge in [0.1, 0.15) is 12.4 Å². The Bertz CT molecular complexity index is 997. The molecule has 2 aromatic carbocycles. The zero-order valence-corrected chi connectivity index (χ0v) is 15.0. The van der Waals surface area contributed by atoms with Crippen molar-refractivity contribution in [2.45, 2.75) is 12.1 Å². The van der Waals surface area contributed by atoms with Crippen LogP contribution in [0.1, 0.15) is 0 Å². The number of para-hydroxylation sites is 1. The fourth-order valence-corrected chi connectivity index (χ4v) is 3.22. The summed E-state index contributed by atoms with van der Waals surface area (Å²) in [6.07, 6.45) is 0. The van der Waals surface area contributed by atoms with Crippen molar-refractivity contribution in [3.05, 3.63) is 59.4 Å². The van der Waals surface area contributed by atoms with E-state index in [1.165, 1.54) is 18.2 Å². The third-order valence-electron chi connectivity index (χ3n) is 4.40. The van der Waals surface area contributed by atoms with Gasteiger partial charge >= 0.3 is 0 Å². The van der Waals surface area contributed by atoms with Gasteiger partial charge in [-0.3, -0.25) is 19.4 Å². The molecule has 28 heavy (non-hydrogen) atoms. The number of fused-ring (bicyclic) bond motifs is 1. The second-order valence-electron chi connectivity index (χ2n) is 6.21. The SMILES string of the molecule is O=C(CN1N=N[C@H]2C(=O)N(c3ccc(Cl)cc3)C(=O)[C@H]21)Nc1ccccc1F. The summed E-state index contributed by atoms with van der Waals surface area (Å²) in [5, 5.41) is 11.6. The Hall–Kier alpha value is -3.33. The third-order valence-corrected chi connectivity index (χ3v) is 4.65. The highest BCUT2D eigenvalue weighted by Gasteiger charge is 2.55. The van der Waals surface area contributed by atoms with Crippen molar-refractivity contribution in [3.63, 3.8) is 0 Å². The quantitative estimate of drug-likeness (QED) is 0.796. The van der Waals surface area contributed by atoms with Gasteiger partial charge in [0.15, 0.2) is 12.1 Å². The van der Waals surface area contributed by atoms with E-state index < -0.39 is 35.6 Å². The number of imide groups is 1. The number of nitrogens with one attached hydrogen (secondary N) is 1. The van der Waals surface area contributed by atoms with Crippen molar-refractivity contribution in [2.75, 3.05) is 16.8 Å². The summed E-state index contributed by atoms with van der Waals surface area (Å²) in [4.78, 5) is 38.6. The fraction of sp³-hybridized carbons (Fsp3) is 0.167. The monoisotopic (exact) mass is 401 g/mol. The molecular weight excluding hydrogens is 389 g/mol. The third kappa shape index (κ3) is 3.09. The van der Waals surface area contributed by atoms with Crippen molar-refractivity contribution in [3.8, 4) is 0 Å². The first-order valence-corrected chi connectivity index (χ1v) is 8.68. The first kappa shape index (κ1) is 18.1. The van der Waals surface area contributed by atoms with Crippen LogP contribution in [0.4, 0.5) is 15.8 Å². The molecule has 2 aromatic rings. The summed E-state index contributed by atoms with van der Waals surface area (Å²) in [5.41, 5.74) is 0.372. The van der Waals surface area contributed by atoms with E-state index in [9.17, 15) is 18.8 Å². The van der Waals surface area contributed by atoms with E-state index in [1.807, 2.05) is 0 Å². The van der Waals surface area contributed by atoms with Gasteiger partial charge in [0.2, 0.25) is 5.91 Å². The first-order valence-electron chi connectivity index (χ1n) is 8.31. The molecule has 10 heteroatoms.